The molecule has 0 unspecified atom stereocenters. The van der Waals surface area contributed by atoms with E-state index in [1.807, 2.05) is 38.1 Å². The number of sulfone groups is 1. The van der Waals surface area contributed by atoms with Crippen LogP contribution in [0.4, 0.5) is 16.4 Å². The fourth-order valence-electron chi connectivity index (χ4n) is 3.38. The minimum atomic E-state index is -3.97. The van der Waals surface area contributed by atoms with Gasteiger partial charge in [0, 0.05) is 11.3 Å². The van der Waals surface area contributed by atoms with Crippen LogP contribution in [0.1, 0.15) is 26.4 Å². The Hall–Kier alpha value is -3.42. The second-order valence-corrected chi connectivity index (χ2v) is 10.4. The van der Waals surface area contributed by atoms with Gasteiger partial charge in [0.2, 0.25) is 15.6 Å². The third-order valence-corrected chi connectivity index (χ3v) is 8.21. The molecule has 0 aliphatic heterocycles. The van der Waals surface area contributed by atoms with E-state index in [-0.39, 0.29) is 26.1 Å². The molecule has 0 spiro atoms. The normalized spacial score (nSPS) is 11.3. The molecule has 0 atom stereocenters. The quantitative estimate of drug-likeness (QED) is 0.356. The van der Waals surface area contributed by atoms with Crippen LogP contribution in [0.5, 0.6) is 0 Å². The van der Waals surface area contributed by atoms with Gasteiger partial charge in [-0.05, 0) is 43.2 Å². The minimum absolute atomic E-state index is 0.0412. The zero-order valence-electron chi connectivity index (χ0n) is 17.6. The SMILES string of the molecule is Cc1ccc(C)c(Nc2sc(C(=O)c3ccccc3)c(N)c2S(=O)(=O)c2ccccc2)c1. The van der Waals surface area contributed by atoms with Gasteiger partial charge in [-0.1, -0.05) is 60.7 Å². The summed E-state index contributed by atoms with van der Waals surface area (Å²) in [6.45, 7) is 3.89. The number of nitrogens with one attached hydrogen (secondary N) is 1. The van der Waals surface area contributed by atoms with E-state index in [1.54, 1.807) is 42.5 Å². The summed E-state index contributed by atoms with van der Waals surface area (Å²) in [5.41, 5.74) is 9.49. The van der Waals surface area contributed by atoms with E-state index in [9.17, 15) is 13.2 Å². The van der Waals surface area contributed by atoms with Crippen LogP contribution in [-0.2, 0) is 9.84 Å². The van der Waals surface area contributed by atoms with Crippen LogP contribution in [-0.4, -0.2) is 14.2 Å². The molecule has 32 heavy (non-hydrogen) atoms. The number of thiophene rings is 1. The Morgan fingerprint density at radius 1 is 0.906 bits per heavy atom. The van der Waals surface area contributed by atoms with Gasteiger partial charge in [-0.15, -0.1) is 11.3 Å². The Balaban J connectivity index is 1.91. The molecule has 0 saturated carbocycles. The van der Waals surface area contributed by atoms with Gasteiger partial charge in [0.1, 0.15) is 14.8 Å². The van der Waals surface area contributed by atoms with E-state index in [1.165, 1.54) is 12.1 Å². The third kappa shape index (κ3) is 4.04. The minimum Gasteiger partial charge on any atom is -0.396 e. The molecule has 1 aromatic heterocycles. The number of anilines is 3. The van der Waals surface area contributed by atoms with E-state index in [0.717, 1.165) is 28.2 Å². The van der Waals surface area contributed by atoms with Gasteiger partial charge >= 0.3 is 0 Å². The second kappa shape index (κ2) is 8.61. The molecule has 0 aliphatic rings. The number of nitrogens with two attached hydrogens (primary N) is 1. The van der Waals surface area contributed by atoms with Crippen molar-refractivity contribution in [3.8, 4) is 0 Å². The fourth-order valence-corrected chi connectivity index (χ4v) is 6.32. The summed E-state index contributed by atoms with van der Waals surface area (Å²) in [7, 11) is -3.97. The number of nitrogen functional groups attached to an aromatic ring is 1. The van der Waals surface area contributed by atoms with Crippen LogP contribution in [0.3, 0.4) is 0 Å². The number of rotatable bonds is 6. The standard InChI is InChI=1S/C25H22N2O3S2/c1-16-13-14-17(2)20(15-16)27-25-24(32(29,30)19-11-7-4-8-12-19)21(26)23(31-25)22(28)18-9-5-3-6-10-18/h3-15,27H,26H2,1-2H3. The molecule has 4 rings (SSSR count). The summed E-state index contributed by atoms with van der Waals surface area (Å²) in [5.74, 6) is -0.313. The summed E-state index contributed by atoms with van der Waals surface area (Å²) in [6.07, 6.45) is 0. The number of hydrogen-bond acceptors (Lipinski definition) is 6. The van der Waals surface area contributed by atoms with Crippen molar-refractivity contribution >= 4 is 43.3 Å². The van der Waals surface area contributed by atoms with Crippen LogP contribution in [0, 0.1) is 13.8 Å². The van der Waals surface area contributed by atoms with E-state index >= 15 is 0 Å². The number of aryl methyl sites for hydroxylation is 2. The molecule has 7 heteroatoms. The molecule has 0 amide bonds. The highest BCUT2D eigenvalue weighted by molar-refractivity contribution is 7.92. The van der Waals surface area contributed by atoms with Crippen molar-refractivity contribution in [3.05, 3.63) is 100 Å². The second-order valence-electron chi connectivity index (χ2n) is 7.46. The lowest BCUT2D eigenvalue weighted by Crippen LogP contribution is -2.08. The smallest absolute Gasteiger partial charge is 0.211 e. The number of ketones is 1. The summed E-state index contributed by atoms with van der Waals surface area (Å²) in [4.78, 5) is 13.4. The summed E-state index contributed by atoms with van der Waals surface area (Å²) in [5, 5.41) is 3.55. The molecule has 3 N–H and O–H groups in total. The summed E-state index contributed by atoms with van der Waals surface area (Å²) in [6, 6.07) is 22.7. The highest BCUT2D eigenvalue weighted by Gasteiger charge is 2.31. The Kier molecular flexibility index (Phi) is 5.86. The first-order valence-corrected chi connectivity index (χ1v) is 12.3. The maximum absolute atomic E-state index is 13.6. The van der Waals surface area contributed by atoms with Crippen molar-refractivity contribution in [1.82, 2.24) is 0 Å². The zero-order chi connectivity index (χ0) is 22.9. The van der Waals surface area contributed by atoms with Crippen LogP contribution in [0.2, 0.25) is 0 Å². The Bertz CT molecular complexity index is 1390. The average Bonchev–Trinajstić information content (AvgIpc) is 3.13. The molecule has 3 aromatic carbocycles. The van der Waals surface area contributed by atoms with Crippen molar-refractivity contribution < 1.29 is 13.2 Å². The molecule has 1 heterocycles. The lowest BCUT2D eigenvalue weighted by Gasteiger charge is -2.12. The first-order valence-electron chi connectivity index (χ1n) is 9.95. The van der Waals surface area contributed by atoms with E-state index in [4.69, 9.17) is 5.73 Å². The Morgan fingerprint density at radius 2 is 1.53 bits per heavy atom. The van der Waals surface area contributed by atoms with Crippen molar-refractivity contribution in [2.24, 2.45) is 0 Å². The van der Waals surface area contributed by atoms with Gasteiger partial charge < -0.3 is 11.1 Å². The van der Waals surface area contributed by atoms with Gasteiger partial charge in [0.15, 0.2) is 0 Å². The molecule has 0 bridgehead atoms. The van der Waals surface area contributed by atoms with Gasteiger partial charge in [0.25, 0.3) is 0 Å². The number of carbonyl (C=O) groups is 1. The third-order valence-electron chi connectivity index (χ3n) is 5.11. The number of benzene rings is 3. The van der Waals surface area contributed by atoms with E-state index in [0.29, 0.717) is 10.6 Å². The predicted molar refractivity (Wildman–Crippen MR) is 130 cm³/mol. The largest absolute Gasteiger partial charge is 0.396 e. The molecule has 0 fully saturated rings. The molecule has 162 valence electrons. The Labute approximate surface area is 191 Å². The molecule has 0 radical (unpaired) electrons. The van der Waals surface area contributed by atoms with Gasteiger partial charge in [-0.2, -0.15) is 0 Å². The highest BCUT2D eigenvalue weighted by Crippen LogP contribution is 2.44. The topological polar surface area (TPSA) is 89.3 Å². The fraction of sp³-hybridized carbons (Fsp3) is 0.0800. The highest BCUT2D eigenvalue weighted by atomic mass is 32.2. The predicted octanol–water partition coefficient (Wildman–Crippen LogP) is 5.75. The lowest BCUT2D eigenvalue weighted by molar-refractivity contribution is 0.104. The molecular formula is C25H22N2O3S2. The van der Waals surface area contributed by atoms with E-state index < -0.39 is 9.84 Å². The maximum atomic E-state index is 13.6. The molecular weight excluding hydrogens is 440 g/mol. The van der Waals surface area contributed by atoms with Crippen molar-refractivity contribution in [2.45, 2.75) is 23.6 Å². The monoisotopic (exact) mass is 462 g/mol. The number of hydrogen-bond donors (Lipinski definition) is 2. The van der Waals surface area contributed by atoms with Crippen LogP contribution >= 0.6 is 11.3 Å². The van der Waals surface area contributed by atoms with E-state index in [2.05, 4.69) is 5.32 Å². The van der Waals surface area contributed by atoms with Crippen LogP contribution < -0.4 is 11.1 Å². The van der Waals surface area contributed by atoms with Gasteiger partial charge in [-0.3, -0.25) is 4.79 Å². The number of carbonyl (C=O) groups excluding carboxylic acids is 1. The van der Waals surface area contributed by atoms with Gasteiger partial charge in [0.05, 0.1) is 10.6 Å². The van der Waals surface area contributed by atoms with Crippen molar-refractivity contribution in [3.63, 3.8) is 0 Å². The molecule has 0 aliphatic carbocycles. The Morgan fingerprint density at radius 3 is 2.19 bits per heavy atom. The summed E-state index contributed by atoms with van der Waals surface area (Å²) >= 11 is 1.06. The maximum Gasteiger partial charge on any atom is 0.211 e. The van der Waals surface area contributed by atoms with Crippen molar-refractivity contribution in [1.29, 1.82) is 0 Å². The molecule has 4 aromatic rings. The van der Waals surface area contributed by atoms with Gasteiger partial charge in [-0.25, -0.2) is 8.42 Å². The summed E-state index contributed by atoms with van der Waals surface area (Å²) < 4.78 is 27.1. The first kappa shape index (κ1) is 21.8. The van der Waals surface area contributed by atoms with Crippen LogP contribution in [0.25, 0.3) is 0 Å². The molecule has 5 nitrogen and oxygen atoms in total. The van der Waals surface area contributed by atoms with Crippen molar-refractivity contribution in [2.75, 3.05) is 11.1 Å². The van der Waals surface area contributed by atoms with Crippen LogP contribution in [0.15, 0.2) is 88.7 Å². The molecule has 0 saturated heterocycles. The lowest BCUT2D eigenvalue weighted by atomic mass is 10.1. The first-order chi connectivity index (χ1) is 15.3. The average molecular weight is 463 g/mol. The zero-order valence-corrected chi connectivity index (χ0v) is 19.3.